The highest BCUT2D eigenvalue weighted by Gasteiger charge is 2.33. The molecule has 4 amide bonds. The molecule has 0 bridgehead atoms. The van der Waals surface area contributed by atoms with Crippen LogP contribution in [0.25, 0.3) is 12.2 Å². The third kappa shape index (κ3) is 7.66. The Labute approximate surface area is 251 Å². The topological polar surface area (TPSA) is 98.8 Å². The van der Waals surface area contributed by atoms with Crippen LogP contribution in [0.1, 0.15) is 35.1 Å². The molecule has 12 heteroatoms. The van der Waals surface area contributed by atoms with Crippen LogP contribution in [0.5, 0.6) is 0 Å². The Hall–Kier alpha value is -3.32. The van der Waals surface area contributed by atoms with E-state index in [2.05, 4.69) is 10.9 Å². The number of rotatable bonds is 8. The number of hydrogen-bond acceptors (Lipinski definition) is 8. The maximum atomic E-state index is 12.8. The number of thioether (sulfide) groups is 2. The first kappa shape index (κ1) is 29.7. The number of carbonyl (C=O) groups is 4. The van der Waals surface area contributed by atoms with Crippen LogP contribution in [0.4, 0.5) is 0 Å². The molecule has 2 heterocycles. The summed E-state index contributed by atoms with van der Waals surface area (Å²) in [5.41, 5.74) is 8.70. The number of nitrogens with one attached hydrogen (secondary N) is 2. The highest BCUT2D eigenvalue weighted by atomic mass is 32.2. The summed E-state index contributed by atoms with van der Waals surface area (Å²) in [4.78, 5) is 53.9. The molecule has 4 rings (SSSR count). The van der Waals surface area contributed by atoms with E-state index >= 15 is 0 Å². The lowest BCUT2D eigenvalue weighted by Gasteiger charge is -2.15. The summed E-state index contributed by atoms with van der Waals surface area (Å²) >= 11 is 13.0. The molecule has 2 aliphatic heterocycles. The smallest absolute Gasteiger partial charge is 0.266 e. The van der Waals surface area contributed by atoms with Crippen molar-refractivity contribution in [1.29, 1.82) is 0 Å². The first-order valence-corrected chi connectivity index (χ1v) is 14.8. The van der Waals surface area contributed by atoms with Crippen molar-refractivity contribution >= 4 is 92.4 Å². The van der Waals surface area contributed by atoms with Crippen LogP contribution >= 0.6 is 48.0 Å². The van der Waals surface area contributed by atoms with Gasteiger partial charge in [-0.05, 0) is 37.1 Å². The van der Waals surface area contributed by atoms with Gasteiger partial charge >= 0.3 is 0 Å². The third-order valence-electron chi connectivity index (χ3n) is 5.96. The zero-order valence-electron chi connectivity index (χ0n) is 21.8. The van der Waals surface area contributed by atoms with E-state index in [-0.39, 0.29) is 37.7 Å². The molecule has 8 nitrogen and oxygen atoms in total. The second kappa shape index (κ2) is 13.4. The van der Waals surface area contributed by atoms with Crippen molar-refractivity contribution < 1.29 is 19.2 Å². The van der Waals surface area contributed by atoms with Gasteiger partial charge in [0, 0.05) is 25.9 Å². The van der Waals surface area contributed by atoms with Gasteiger partial charge in [-0.2, -0.15) is 0 Å². The largest absolute Gasteiger partial charge is 0.292 e. The maximum absolute atomic E-state index is 12.8. The van der Waals surface area contributed by atoms with Crippen LogP contribution in [0.15, 0.2) is 58.3 Å². The Morgan fingerprint density at radius 2 is 1.05 bits per heavy atom. The van der Waals surface area contributed by atoms with Gasteiger partial charge in [0.2, 0.25) is 11.8 Å². The molecule has 0 spiro atoms. The Morgan fingerprint density at radius 1 is 0.700 bits per heavy atom. The lowest BCUT2D eigenvalue weighted by molar-refractivity contribution is -0.130. The van der Waals surface area contributed by atoms with E-state index < -0.39 is 11.8 Å². The predicted molar refractivity (Wildman–Crippen MR) is 168 cm³/mol. The molecule has 0 aliphatic carbocycles. The van der Waals surface area contributed by atoms with Crippen LogP contribution < -0.4 is 10.9 Å². The molecule has 2 aromatic rings. The number of aryl methyl sites for hydroxylation is 2. The van der Waals surface area contributed by atoms with E-state index in [0.717, 1.165) is 22.3 Å². The van der Waals surface area contributed by atoms with E-state index in [9.17, 15) is 19.2 Å². The van der Waals surface area contributed by atoms with Gasteiger partial charge in [-0.15, -0.1) is 0 Å². The van der Waals surface area contributed by atoms with Gasteiger partial charge in [0.25, 0.3) is 11.8 Å². The van der Waals surface area contributed by atoms with Crippen LogP contribution in [0, 0.1) is 13.8 Å². The Balaban J connectivity index is 1.20. The third-order valence-corrected chi connectivity index (χ3v) is 8.72. The van der Waals surface area contributed by atoms with Crippen molar-refractivity contribution in [2.24, 2.45) is 0 Å². The van der Waals surface area contributed by atoms with E-state index in [1.54, 1.807) is 12.2 Å². The van der Waals surface area contributed by atoms with Gasteiger partial charge < -0.3 is 0 Å². The first-order valence-electron chi connectivity index (χ1n) is 12.3. The number of carbonyl (C=O) groups excluding carboxylic acids is 4. The summed E-state index contributed by atoms with van der Waals surface area (Å²) in [6, 6.07) is 15.5. The fourth-order valence-corrected chi connectivity index (χ4v) is 6.32. The van der Waals surface area contributed by atoms with E-state index in [0.29, 0.717) is 18.5 Å². The second-order valence-electron chi connectivity index (χ2n) is 9.08. The zero-order valence-corrected chi connectivity index (χ0v) is 25.0. The van der Waals surface area contributed by atoms with E-state index in [4.69, 9.17) is 24.4 Å². The summed E-state index contributed by atoms with van der Waals surface area (Å²) in [5.74, 6) is -1.47. The van der Waals surface area contributed by atoms with Crippen molar-refractivity contribution in [3.05, 3.63) is 80.6 Å². The zero-order chi connectivity index (χ0) is 28.8. The van der Waals surface area contributed by atoms with Crippen molar-refractivity contribution in [3.63, 3.8) is 0 Å². The average Bonchev–Trinajstić information content (AvgIpc) is 3.35. The summed E-state index contributed by atoms with van der Waals surface area (Å²) < 4.78 is 0.750. The molecule has 206 valence electrons. The monoisotopic (exact) mass is 610 g/mol. The number of nitrogens with zero attached hydrogens (tertiary/aromatic N) is 2. The minimum Gasteiger partial charge on any atom is -0.292 e. The number of hydrazine groups is 1. The van der Waals surface area contributed by atoms with Crippen molar-refractivity contribution in [1.82, 2.24) is 20.7 Å². The number of amides is 4. The lowest BCUT2D eigenvalue weighted by Crippen LogP contribution is -2.44. The molecule has 0 aromatic heterocycles. The van der Waals surface area contributed by atoms with Crippen molar-refractivity contribution in [2.45, 2.75) is 26.7 Å². The molecule has 2 N–H and O–H groups in total. The minimum absolute atomic E-state index is 0.0525. The van der Waals surface area contributed by atoms with Gasteiger partial charge in [0.1, 0.15) is 8.64 Å². The molecular formula is C28H26N4O4S4. The Morgan fingerprint density at radius 3 is 1.40 bits per heavy atom. The fraction of sp³-hybridized carbons (Fsp3) is 0.214. The lowest BCUT2D eigenvalue weighted by atomic mass is 10.1. The summed E-state index contributed by atoms with van der Waals surface area (Å²) in [7, 11) is 0. The number of hydrogen-bond donors (Lipinski definition) is 2. The van der Waals surface area contributed by atoms with E-state index in [1.165, 1.54) is 33.3 Å². The molecule has 2 saturated heterocycles. The number of benzene rings is 2. The minimum atomic E-state index is -0.475. The molecule has 2 aliphatic rings. The SMILES string of the molecule is Cc1ccc(/C=C2/SC(=S)N(CCC(=O)NNC(=O)CCN3C(=O)/C(=C\c4ccc(C)cc4)SC3=S)C2=O)cc1. The second-order valence-corrected chi connectivity index (χ2v) is 12.4. The highest BCUT2D eigenvalue weighted by Crippen LogP contribution is 2.33. The molecular weight excluding hydrogens is 585 g/mol. The molecule has 0 unspecified atom stereocenters. The summed E-state index contributed by atoms with van der Waals surface area (Å²) in [5, 5.41) is 0. The van der Waals surface area contributed by atoms with Gasteiger partial charge in [-0.3, -0.25) is 39.8 Å². The van der Waals surface area contributed by atoms with Gasteiger partial charge in [0.05, 0.1) is 9.81 Å². The Bertz CT molecular complexity index is 1330. The van der Waals surface area contributed by atoms with Gasteiger partial charge in [-0.25, -0.2) is 0 Å². The van der Waals surface area contributed by atoms with Crippen molar-refractivity contribution in [3.8, 4) is 0 Å². The van der Waals surface area contributed by atoms with Gasteiger partial charge in [-0.1, -0.05) is 108 Å². The maximum Gasteiger partial charge on any atom is 0.266 e. The number of thiocarbonyl (C=S) groups is 2. The predicted octanol–water partition coefficient (Wildman–Crippen LogP) is 4.33. The van der Waals surface area contributed by atoms with Crippen molar-refractivity contribution in [2.75, 3.05) is 13.1 Å². The Kier molecular flexibility index (Phi) is 9.90. The molecule has 2 fully saturated rings. The van der Waals surface area contributed by atoms with E-state index in [1.807, 2.05) is 62.4 Å². The molecule has 0 saturated carbocycles. The van der Waals surface area contributed by atoms with Crippen LogP contribution in [-0.4, -0.2) is 55.2 Å². The van der Waals surface area contributed by atoms with Crippen LogP contribution in [-0.2, 0) is 19.2 Å². The fourth-order valence-electron chi connectivity index (χ4n) is 3.70. The first-order chi connectivity index (χ1) is 19.1. The van der Waals surface area contributed by atoms with Gasteiger partial charge in [0.15, 0.2) is 0 Å². The average molecular weight is 611 g/mol. The molecule has 0 atom stereocenters. The molecule has 2 aromatic carbocycles. The standard InChI is InChI=1S/C28H26N4O4S4/c1-17-3-7-19(8-4-17)15-21-25(35)31(27(37)39-21)13-11-23(33)29-30-24(34)12-14-32-26(36)22(40-28(32)38)16-20-9-5-18(2)6-10-20/h3-10,15-16H,11-14H2,1-2H3,(H,29,33)(H,30,34)/b21-15+,22-16+. The quantitative estimate of drug-likeness (QED) is 0.259. The van der Waals surface area contributed by atoms with Crippen LogP contribution in [0.3, 0.4) is 0 Å². The molecule has 40 heavy (non-hydrogen) atoms. The molecule has 0 radical (unpaired) electrons. The van der Waals surface area contributed by atoms with Crippen LogP contribution in [0.2, 0.25) is 0 Å². The highest BCUT2D eigenvalue weighted by molar-refractivity contribution is 8.27. The normalized spacial score (nSPS) is 17.4. The summed E-state index contributed by atoms with van der Waals surface area (Å²) in [6.45, 7) is 4.14. The summed E-state index contributed by atoms with van der Waals surface area (Å²) in [6.07, 6.45) is 3.44.